The Bertz CT molecular complexity index is 380. The van der Waals surface area contributed by atoms with Crippen LogP contribution in [0.5, 0.6) is 0 Å². The molecule has 0 saturated carbocycles. The summed E-state index contributed by atoms with van der Waals surface area (Å²) < 4.78 is 18.7. The third kappa shape index (κ3) is 4.90. The molecule has 0 radical (unpaired) electrons. The van der Waals surface area contributed by atoms with E-state index in [1.165, 1.54) is 30.2 Å². The van der Waals surface area contributed by atoms with Crippen molar-refractivity contribution in [3.8, 4) is 0 Å². The molecule has 1 fully saturated rings. The van der Waals surface area contributed by atoms with Crippen LogP contribution in [-0.4, -0.2) is 37.5 Å². The fraction of sp³-hybridized carbons (Fsp3) is 0.600. The van der Waals surface area contributed by atoms with Gasteiger partial charge in [0.1, 0.15) is 18.5 Å². The molecule has 3 nitrogen and oxygen atoms in total. The zero-order valence-electron chi connectivity index (χ0n) is 11.3. The zero-order valence-corrected chi connectivity index (χ0v) is 11.3. The fourth-order valence-electron chi connectivity index (χ4n) is 2.57. The molecule has 19 heavy (non-hydrogen) atoms. The van der Waals surface area contributed by atoms with E-state index < -0.39 is 6.10 Å². The van der Waals surface area contributed by atoms with Gasteiger partial charge in [-0.15, -0.1) is 0 Å². The average Bonchev–Trinajstić information content (AvgIpc) is 2.42. The van der Waals surface area contributed by atoms with Gasteiger partial charge >= 0.3 is 0 Å². The van der Waals surface area contributed by atoms with Gasteiger partial charge in [-0.25, -0.2) is 4.39 Å². The van der Waals surface area contributed by atoms with Gasteiger partial charge in [-0.2, -0.15) is 0 Å². The molecular formula is C15H23FNO2+. The minimum Gasteiger partial charge on any atom is -0.385 e. The first kappa shape index (κ1) is 14.4. The lowest BCUT2D eigenvalue weighted by Gasteiger charge is -2.25. The van der Waals surface area contributed by atoms with Crippen molar-refractivity contribution in [2.75, 3.05) is 26.2 Å². The van der Waals surface area contributed by atoms with Gasteiger partial charge in [-0.1, -0.05) is 18.2 Å². The van der Waals surface area contributed by atoms with Crippen molar-refractivity contribution in [1.82, 2.24) is 0 Å². The van der Waals surface area contributed by atoms with Crippen molar-refractivity contribution in [2.24, 2.45) is 0 Å². The average molecular weight is 268 g/mol. The second-order valence-electron chi connectivity index (χ2n) is 5.28. The summed E-state index contributed by atoms with van der Waals surface area (Å²) in [6.45, 7) is 3.52. The molecule has 1 aromatic carbocycles. The van der Waals surface area contributed by atoms with Crippen LogP contribution in [0.2, 0.25) is 0 Å². The topological polar surface area (TPSA) is 33.9 Å². The summed E-state index contributed by atoms with van der Waals surface area (Å²) in [5, 5.41) is 9.91. The van der Waals surface area contributed by atoms with Crippen LogP contribution in [0.15, 0.2) is 24.3 Å². The van der Waals surface area contributed by atoms with Crippen LogP contribution in [0.3, 0.4) is 0 Å². The number of likely N-dealkylation sites (tertiary alicyclic amines) is 1. The van der Waals surface area contributed by atoms with Crippen molar-refractivity contribution in [3.05, 3.63) is 35.6 Å². The number of rotatable bonds is 6. The van der Waals surface area contributed by atoms with E-state index in [0.29, 0.717) is 5.56 Å². The molecule has 106 valence electrons. The van der Waals surface area contributed by atoms with E-state index in [1.54, 1.807) is 18.2 Å². The number of aliphatic hydroxyl groups is 1. The number of halogens is 1. The van der Waals surface area contributed by atoms with E-state index >= 15 is 0 Å². The zero-order chi connectivity index (χ0) is 13.5. The van der Waals surface area contributed by atoms with Crippen LogP contribution in [-0.2, 0) is 11.3 Å². The molecule has 1 atom stereocenters. The molecule has 2 N–H and O–H groups in total. The molecule has 1 saturated heterocycles. The molecule has 1 aliphatic heterocycles. The Morgan fingerprint density at radius 1 is 1.21 bits per heavy atom. The van der Waals surface area contributed by atoms with Crippen LogP contribution < -0.4 is 4.90 Å². The minimum absolute atomic E-state index is 0.221. The smallest absolute Gasteiger partial charge is 0.128 e. The van der Waals surface area contributed by atoms with Gasteiger partial charge in [0, 0.05) is 5.56 Å². The maximum atomic E-state index is 13.3. The highest BCUT2D eigenvalue weighted by atomic mass is 19.1. The normalized spacial score (nSPS) is 18.4. The predicted molar refractivity (Wildman–Crippen MR) is 71.5 cm³/mol. The molecule has 1 aliphatic rings. The first-order valence-corrected chi connectivity index (χ1v) is 7.08. The Kier molecular flexibility index (Phi) is 5.76. The van der Waals surface area contributed by atoms with Gasteiger partial charge in [-0.3, -0.25) is 0 Å². The Morgan fingerprint density at radius 2 is 1.95 bits per heavy atom. The van der Waals surface area contributed by atoms with E-state index in [0.717, 1.165) is 19.6 Å². The lowest BCUT2D eigenvalue weighted by molar-refractivity contribution is -0.908. The SMILES string of the molecule is O[C@H](COCc1ccccc1F)C[NH+]1CCCCC1. The van der Waals surface area contributed by atoms with Crippen LogP contribution in [0.25, 0.3) is 0 Å². The summed E-state index contributed by atoms with van der Waals surface area (Å²) in [6.07, 6.45) is 3.35. The Balaban J connectivity index is 1.66. The lowest BCUT2D eigenvalue weighted by Crippen LogP contribution is -3.14. The maximum Gasteiger partial charge on any atom is 0.128 e. The highest BCUT2D eigenvalue weighted by Crippen LogP contribution is 2.07. The highest BCUT2D eigenvalue weighted by molar-refractivity contribution is 5.16. The quantitative estimate of drug-likeness (QED) is 0.799. The minimum atomic E-state index is -0.458. The third-order valence-corrected chi connectivity index (χ3v) is 3.61. The molecule has 1 heterocycles. The molecule has 0 bridgehead atoms. The van der Waals surface area contributed by atoms with E-state index in [2.05, 4.69) is 0 Å². The van der Waals surface area contributed by atoms with Gasteiger partial charge in [0.15, 0.2) is 0 Å². The lowest BCUT2D eigenvalue weighted by atomic mass is 10.1. The third-order valence-electron chi connectivity index (χ3n) is 3.61. The number of quaternary nitrogens is 1. The largest absolute Gasteiger partial charge is 0.385 e. The van der Waals surface area contributed by atoms with Gasteiger partial charge in [0.2, 0.25) is 0 Å². The summed E-state index contributed by atoms with van der Waals surface area (Å²) in [6, 6.07) is 6.58. The van der Waals surface area contributed by atoms with Crippen molar-refractivity contribution in [2.45, 2.75) is 32.0 Å². The number of benzene rings is 1. The van der Waals surface area contributed by atoms with E-state index in [1.807, 2.05) is 0 Å². The first-order chi connectivity index (χ1) is 9.25. The Hall–Kier alpha value is -0.970. The summed E-state index contributed by atoms with van der Waals surface area (Å²) in [7, 11) is 0. The molecule has 2 rings (SSSR count). The number of nitrogens with one attached hydrogen (secondary N) is 1. The summed E-state index contributed by atoms with van der Waals surface area (Å²) in [4.78, 5) is 1.45. The van der Waals surface area contributed by atoms with Crippen LogP contribution in [0.1, 0.15) is 24.8 Å². The first-order valence-electron chi connectivity index (χ1n) is 7.08. The standard InChI is InChI=1S/C15H22FNO2/c16-15-7-3-2-6-13(15)11-19-12-14(18)10-17-8-4-1-5-9-17/h2-3,6-7,14,18H,1,4-5,8-12H2/p+1/t14-/m0/s1. The van der Waals surface area contributed by atoms with Crippen molar-refractivity contribution >= 4 is 0 Å². The van der Waals surface area contributed by atoms with Crippen LogP contribution in [0, 0.1) is 5.82 Å². The molecular weight excluding hydrogens is 245 g/mol. The summed E-state index contributed by atoms with van der Waals surface area (Å²) in [5.41, 5.74) is 0.542. The van der Waals surface area contributed by atoms with E-state index in [-0.39, 0.29) is 19.0 Å². The Morgan fingerprint density at radius 3 is 2.68 bits per heavy atom. The molecule has 0 unspecified atom stereocenters. The summed E-state index contributed by atoms with van der Waals surface area (Å²) >= 11 is 0. The maximum absolute atomic E-state index is 13.3. The Labute approximate surface area is 114 Å². The van der Waals surface area contributed by atoms with Crippen LogP contribution >= 0.6 is 0 Å². The number of ether oxygens (including phenoxy) is 1. The van der Waals surface area contributed by atoms with Crippen molar-refractivity contribution in [1.29, 1.82) is 0 Å². The van der Waals surface area contributed by atoms with Gasteiger partial charge in [0.25, 0.3) is 0 Å². The van der Waals surface area contributed by atoms with E-state index in [4.69, 9.17) is 4.74 Å². The van der Waals surface area contributed by atoms with E-state index in [9.17, 15) is 9.50 Å². The van der Waals surface area contributed by atoms with Gasteiger partial charge < -0.3 is 14.7 Å². The highest BCUT2D eigenvalue weighted by Gasteiger charge is 2.17. The number of hydrogen-bond donors (Lipinski definition) is 2. The summed E-state index contributed by atoms with van der Waals surface area (Å²) in [5.74, 6) is -0.251. The molecule has 0 aromatic heterocycles. The second kappa shape index (κ2) is 7.58. The molecule has 0 spiro atoms. The van der Waals surface area contributed by atoms with Crippen molar-refractivity contribution < 1.29 is 19.1 Å². The van der Waals surface area contributed by atoms with Crippen LogP contribution in [0.4, 0.5) is 4.39 Å². The molecule has 4 heteroatoms. The number of piperidine rings is 1. The predicted octanol–water partition coefficient (Wildman–Crippen LogP) is 0.772. The van der Waals surface area contributed by atoms with Crippen molar-refractivity contribution in [3.63, 3.8) is 0 Å². The fourth-order valence-corrected chi connectivity index (χ4v) is 2.57. The number of hydrogen-bond acceptors (Lipinski definition) is 2. The van der Waals surface area contributed by atoms with Gasteiger partial charge in [0.05, 0.1) is 26.3 Å². The number of aliphatic hydroxyl groups excluding tert-OH is 1. The molecule has 0 aliphatic carbocycles. The monoisotopic (exact) mass is 268 g/mol. The van der Waals surface area contributed by atoms with Gasteiger partial charge in [-0.05, 0) is 25.3 Å². The second-order valence-corrected chi connectivity index (χ2v) is 5.28. The molecule has 1 aromatic rings. The molecule has 0 amide bonds.